The van der Waals surface area contributed by atoms with Crippen LogP contribution in [0.1, 0.15) is 49.1 Å². The Balaban J connectivity index is 0.000000202. The minimum atomic E-state index is -1.69. The number of anilines is 2. The molecule has 0 spiro atoms. The van der Waals surface area contributed by atoms with Gasteiger partial charge in [0.2, 0.25) is 0 Å². The number of halogens is 2. The molecule has 0 bridgehead atoms. The number of nitrogens with zero attached hydrogens (tertiary/aromatic N) is 4. The van der Waals surface area contributed by atoms with Crippen molar-refractivity contribution in [3.05, 3.63) is 86.6 Å². The van der Waals surface area contributed by atoms with E-state index in [0.29, 0.717) is 33.0 Å². The fraction of sp³-hybridized carbons (Fsp3) is 0.432. The Morgan fingerprint density at radius 3 is 2.38 bits per heavy atom. The number of rotatable bonds is 9. The summed E-state index contributed by atoms with van der Waals surface area (Å²) in [5, 5.41) is 16.6. The second-order valence-corrected chi connectivity index (χ2v) is 15.1. The number of nitrogens with one attached hydrogen (secondary N) is 2. The minimum Gasteiger partial charge on any atom is -0.480 e. The maximum Gasteiger partial charge on any atom is 0.331 e. The van der Waals surface area contributed by atoms with Crippen molar-refractivity contribution in [2.45, 2.75) is 63.1 Å². The van der Waals surface area contributed by atoms with Crippen molar-refractivity contribution in [3.63, 3.8) is 0 Å². The summed E-state index contributed by atoms with van der Waals surface area (Å²) in [5.41, 5.74) is 16.1. The number of carbonyl (C=O) groups is 2. The molecule has 3 aliphatic heterocycles. The Kier molecular flexibility index (Phi) is 11.8. The first-order valence-corrected chi connectivity index (χ1v) is 19.0. The Bertz CT molecular complexity index is 1800. The van der Waals surface area contributed by atoms with E-state index in [9.17, 15) is 14.7 Å². The number of benzene rings is 3. The van der Waals surface area contributed by atoms with E-state index in [4.69, 9.17) is 16.5 Å². The number of hydrogen-bond acceptors (Lipinski definition) is 7. The van der Waals surface area contributed by atoms with Gasteiger partial charge in [-0.1, -0.05) is 30.3 Å². The van der Waals surface area contributed by atoms with Gasteiger partial charge in [-0.2, -0.15) is 0 Å². The molecular weight excluding hydrogens is 764 g/mol. The Morgan fingerprint density at radius 2 is 1.66 bits per heavy atom. The van der Waals surface area contributed by atoms with E-state index in [2.05, 4.69) is 53.5 Å². The van der Waals surface area contributed by atoms with Crippen LogP contribution in [0.2, 0.25) is 0 Å². The van der Waals surface area contributed by atoms with Crippen LogP contribution in [0.15, 0.2) is 69.6 Å². The molecule has 3 aromatic carbocycles. The Labute approximate surface area is 310 Å². The highest BCUT2D eigenvalue weighted by Crippen LogP contribution is 2.34. The van der Waals surface area contributed by atoms with Gasteiger partial charge in [0.05, 0.1) is 16.7 Å². The van der Waals surface area contributed by atoms with Crippen molar-refractivity contribution < 1.29 is 14.7 Å². The highest BCUT2D eigenvalue weighted by Gasteiger charge is 2.41. The summed E-state index contributed by atoms with van der Waals surface area (Å²) in [6, 6.07) is 19.9. The van der Waals surface area contributed by atoms with Crippen LogP contribution in [-0.2, 0) is 29.7 Å². The van der Waals surface area contributed by atoms with E-state index in [1.54, 1.807) is 0 Å². The van der Waals surface area contributed by atoms with Gasteiger partial charge in [0.25, 0.3) is 0 Å². The van der Waals surface area contributed by atoms with Crippen LogP contribution in [0, 0.1) is 0 Å². The number of hydrogen-bond donors (Lipinski definition) is 5. The summed E-state index contributed by atoms with van der Waals surface area (Å²) in [5.74, 6) is -0.741. The van der Waals surface area contributed by atoms with Gasteiger partial charge in [-0.05, 0) is 145 Å². The lowest BCUT2D eigenvalue weighted by Crippen LogP contribution is -2.49. The number of carboxylic acid groups (broad SMARTS) is 1. The van der Waals surface area contributed by atoms with Crippen molar-refractivity contribution in [3.8, 4) is 0 Å². The summed E-state index contributed by atoms with van der Waals surface area (Å²) in [7, 11) is 0. The van der Waals surface area contributed by atoms with E-state index < -0.39 is 11.5 Å². The quantitative estimate of drug-likeness (QED) is 0.130. The first kappa shape index (κ1) is 36.3. The maximum absolute atomic E-state index is 12.5. The molecule has 2 saturated heterocycles. The Hall–Kier alpha value is -3.49. The number of imidazole rings is 1. The van der Waals surface area contributed by atoms with Gasteiger partial charge in [-0.15, -0.1) is 0 Å². The SMILES string of the molecule is Nc1c(Br)cc(C[C@](N)(C(=O)O)c2nc3ccccc3n2CCCN2CCCC2)cc1Br.O=C1Nc2ccccc2CCN1C1CCNCC1. The van der Waals surface area contributed by atoms with Crippen LogP contribution in [0.4, 0.5) is 16.2 Å². The predicted octanol–water partition coefficient (Wildman–Crippen LogP) is 5.94. The van der Waals surface area contributed by atoms with Gasteiger partial charge in [0.1, 0.15) is 5.82 Å². The molecule has 3 aliphatic rings. The van der Waals surface area contributed by atoms with E-state index >= 15 is 0 Å². The topological polar surface area (TPSA) is 155 Å². The molecule has 11 nitrogen and oxygen atoms in total. The molecule has 2 fully saturated rings. The van der Waals surface area contributed by atoms with Crippen LogP contribution < -0.4 is 22.1 Å². The Morgan fingerprint density at radius 1 is 0.980 bits per heavy atom. The molecule has 0 saturated carbocycles. The van der Waals surface area contributed by atoms with Crippen LogP contribution >= 0.6 is 31.9 Å². The predicted molar refractivity (Wildman–Crippen MR) is 205 cm³/mol. The molecule has 0 aliphatic carbocycles. The van der Waals surface area contributed by atoms with Crippen molar-refractivity contribution in [1.29, 1.82) is 0 Å². The number of urea groups is 1. The molecule has 4 heterocycles. The number of carboxylic acids is 1. The van der Waals surface area contributed by atoms with Gasteiger partial charge in [-0.25, -0.2) is 14.6 Å². The van der Waals surface area contributed by atoms with Gasteiger partial charge in [0, 0.05) is 40.2 Å². The number of fused-ring (bicyclic) bond motifs is 2. The monoisotopic (exact) mass is 808 g/mol. The van der Waals surface area contributed by atoms with Gasteiger partial charge in [0.15, 0.2) is 5.54 Å². The van der Waals surface area contributed by atoms with E-state index in [0.717, 1.165) is 87.2 Å². The van der Waals surface area contributed by atoms with Gasteiger partial charge < -0.3 is 41.6 Å². The van der Waals surface area contributed by atoms with Crippen LogP contribution in [-0.4, -0.2) is 81.8 Å². The molecule has 1 atom stereocenters. The molecule has 7 rings (SSSR count). The first-order valence-electron chi connectivity index (χ1n) is 17.4. The number of aromatic nitrogens is 2. The summed E-state index contributed by atoms with van der Waals surface area (Å²) < 4.78 is 3.36. The molecule has 2 amide bonds. The lowest BCUT2D eigenvalue weighted by atomic mass is 9.90. The first-order chi connectivity index (χ1) is 24.1. The van der Waals surface area contributed by atoms with Crippen molar-refractivity contribution >= 4 is 66.3 Å². The molecule has 50 heavy (non-hydrogen) atoms. The van der Waals surface area contributed by atoms with Crippen LogP contribution in [0.5, 0.6) is 0 Å². The van der Waals surface area contributed by atoms with Crippen molar-refractivity contribution in [2.75, 3.05) is 50.3 Å². The number of amides is 2. The zero-order valence-corrected chi connectivity index (χ0v) is 31.4. The molecule has 266 valence electrons. The van der Waals surface area contributed by atoms with Crippen LogP contribution in [0.3, 0.4) is 0 Å². The molecular formula is C37H46Br2N8O3. The van der Waals surface area contributed by atoms with Crippen LogP contribution in [0.25, 0.3) is 11.0 Å². The number of likely N-dealkylation sites (tertiary alicyclic amines) is 1. The fourth-order valence-electron chi connectivity index (χ4n) is 7.27. The average molecular weight is 811 g/mol. The number of piperidine rings is 1. The number of nitrogens with two attached hydrogens (primary N) is 2. The van der Waals surface area contributed by atoms with E-state index in [1.165, 1.54) is 18.4 Å². The smallest absolute Gasteiger partial charge is 0.331 e. The van der Waals surface area contributed by atoms with Crippen molar-refractivity contribution in [1.82, 2.24) is 24.7 Å². The highest BCUT2D eigenvalue weighted by molar-refractivity contribution is 9.11. The summed E-state index contributed by atoms with van der Waals surface area (Å²) in [4.78, 5) is 34.0. The summed E-state index contributed by atoms with van der Waals surface area (Å²) in [6.45, 7) is 6.77. The van der Waals surface area contributed by atoms with Crippen molar-refractivity contribution in [2.24, 2.45) is 5.73 Å². The van der Waals surface area contributed by atoms with Gasteiger partial charge >= 0.3 is 12.0 Å². The molecule has 0 unspecified atom stereocenters. The summed E-state index contributed by atoms with van der Waals surface area (Å²) in [6.07, 6.45) is 6.54. The summed E-state index contributed by atoms with van der Waals surface area (Å²) >= 11 is 6.88. The third-order valence-corrected chi connectivity index (χ3v) is 11.3. The molecule has 13 heteroatoms. The number of aliphatic carboxylic acids is 1. The lowest BCUT2D eigenvalue weighted by molar-refractivity contribution is -0.144. The number of aryl methyl sites for hydroxylation is 1. The van der Waals surface area contributed by atoms with E-state index in [-0.39, 0.29) is 12.5 Å². The number of nitrogen functional groups attached to an aromatic ring is 1. The molecule has 1 aromatic heterocycles. The third kappa shape index (κ3) is 8.18. The molecule has 0 radical (unpaired) electrons. The second-order valence-electron chi connectivity index (χ2n) is 13.4. The normalized spacial score (nSPS) is 18.1. The zero-order chi connectivity index (χ0) is 35.3. The zero-order valence-electron chi connectivity index (χ0n) is 28.2. The fourth-order valence-corrected chi connectivity index (χ4v) is 8.55. The molecule has 7 N–H and O–H groups in total. The largest absolute Gasteiger partial charge is 0.480 e. The number of para-hydroxylation sites is 3. The second kappa shape index (κ2) is 16.2. The minimum absolute atomic E-state index is 0.0619. The average Bonchev–Trinajstić information content (AvgIpc) is 3.73. The standard InChI is InChI=1S/C23H27Br2N5O2.C14H19N3O/c24-16-12-15(13-17(25)20(16)26)14-23(27,22(31)32)21-28-18-6-1-2-7-19(18)30(21)11-5-10-29-8-3-4-9-29;18-14-16-13-4-2-1-3-11(13)7-10-17(14)12-5-8-15-9-6-12/h1-2,6-7,12-13H,3-5,8-11,14,26-27H2,(H,31,32);1-4,12,15H,5-10H2,(H,16,18)/t23-;/m1./s1. The van der Waals surface area contributed by atoms with E-state index in [1.807, 2.05) is 64.1 Å². The third-order valence-electron chi connectivity index (χ3n) is 10.0. The number of carbonyl (C=O) groups excluding carboxylic acids is 1. The highest BCUT2D eigenvalue weighted by atomic mass is 79.9. The maximum atomic E-state index is 12.5. The lowest BCUT2D eigenvalue weighted by Gasteiger charge is -2.33. The van der Waals surface area contributed by atoms with Gasteiger partial charge in [-0.3, -0.25) is 0 Å². The molecule has 4 aromatic rings.